The fourth-order valence-corrected chi connectivity index (χ4v) is 3.55. The normalized spacial score (nSPS) is 15.2. The van der Waals surface area contributed by atoms with Crippen molar-refractivity contribution in [2.45, 2.75) is 32.2 Å². The van der Waals surface area contributed by atoms with Crippen LogP contribution in [0.1, 0.15) is 48.1 Å². The van der Waals surface area contributed by atoms with Gasteiger partial charge in [-0.15, -0.1) is 0 Å². The van der Waals surface area contributed by atoms with Gasteiger partial charge in [-0.3, -0.25) is 9.69 Å². The number of nitrogens with zero attached hydrogens (tertiary/aromatic N) is 1. The van der Waals surface area contributed by atoms with Gasteiger partial charge in [0, 0.05) is 12.1 Å². The van der Waals surface area contributed by atoms with Crippen LogP contribution in [0.3, 0.4) is 0 Å². The van der Waals surface area contributed by atoms with Gasteiger partial charge in [0.2, 0.25) is 0 Å². The molecule has 150 valence electrons. The van der Waals surface area contributed by atoms with E-state index < -0.39 is 0 Å². The van der Waals surface area contributed by atoms with Crippen molar-refractivity contribution in [2.24, 2.45) is 0 Å². The highest BCUT2D eigenvalue weighted by Crippen LogP contribution is 2.26. The van der Waals surface area contributed by atoms with Gasteiger partial charge < -0.3 is 14.8 Å². The fourth-order valence-electron chi connectivity index (χ4n) is 3.55. The Balaban J connectivity index is 1.64. The summed E-state index contributed by atoms with van der Waals surface area (Å²) in [6.07, 6.45) is 3.38. The summed E-state index contributed by atoms with van der Waals surface area (Å²) in [5.74, 6) is 1.59. The van der Waals surface area contributed by atoms with Crippen molar-refractivity contribution in [3.05, 3.63) is 59.7 Å². The minimum absolute atomic E-state index is 0.0558. The first-order valence-electron chi connectivity index (χ1n) is 10.1. The van der Waals surface area contributed by atoms with Gasteiger partial charge in [-0.2, -0.15) is 0 Å². The Kier molecular flexibility index (Phi) is 7.31. The Morgan fingerprint density at radius 2 is 1.68 bits per heavy atom. The molecule has 1 N–H and O–H groups in total. The number of rotatable bonds is 9. The molecule has 1 unspecified atom stereocenters. The van der Waals surface area contributed by atoms with E-state index in [2.05, 4.69) is 29.3 Å². The lowest BCUT2D eigenvalue weighted by Crippen LogP contribution is -2.36. The number of hydrogen-bond donors (Lipinski definition) is 1. The number of likely N-dealkylation sites (tertiary alicyclic amines) is 1. The van der Waals surface area contributed by atoms with Crippen molar-refractivity contribution in [1.82, 2.24) is 10.2 Å². The van der Waals surface area contributed by atoms with E-state index in [9.17, 15) is 4.79 Å². The number of methoxy groups -OCH3 is 1. The lowest BCUT2D eigenvalue weighted by atomic mass is 10.0. The second-order valence-electron chi connectivity index (χ2n) is 7.11. The summed E-state index contributed by atoms with van der Waals surface area (Å²) in [4.78, 5) is 15.1. The molecule has 0 bridgehead atoms. The van der Waals surface area contributed by atoms with Crippen LogP contribution in [0.2, 0.25) is 0 Å². The highest BCUT2D eigenvalue weighted by atomic mass is 16.5. The zero-order chi connectivity index (χ0) is 19.8. The van der Waals surface area contributed by atoms with Crippen LogP contribution < -0.4 is 14.8 Å². The van der Waals surface area contributed by atoms with Crippen LogP contribution in [0.25, 0.3) is 0 Å². The maximum Gasteiger partial charge on any atom is 0.251 e. The molecule has 0 aromatic heterocycles. The molecule has 5 nitrogen and oxygen atoms in total. The van der Waals surface area contributed by atoms with Crippen LogP contribution in [0, 0.1) is 0 Å². The van der Waals surface area contributed by atoms with Crippen LogP contribution >= 0.6 is 0 Å². The van der Waals surface area contributed by atoms with E-state index in [1.165, 1.54) is 18.4 Å². The van der Waals surface area contributed by atoms with Crippen LogP contribution in [0.4, 0.5) is 0 Å². The van der Waals surface area contributed by atoms with Crippen LogP contribution in [-0.4, -0.2) is 44.2 Å². The minimum atomic E-state index is -0.0558. The van der Waals surface area contributed by atoms with E-state index in [1.807, 2.05) is 36.4 Å². The fraction of sp³-hybridized carbons (Fsp3) is 0.435. The third kappa shape index (κ3) is 5.26. The van der Waals surface area contributed by atoms with Crippen molar-refractivity contribution in [3.8, 4) is 11.5 Å². The minimum Gasteiger partial charge on any atom is -0.497 e. The zero-order valence-corrected chi connectivity index (χ0v) is 16.8. The average Bonchev–Trinajstić information content (AvgIpc) is 3.27. The lowest BCUT2D eigenvalue weighted by molar-refractivity contribution is 0.0938. The van der Waals surface area contributed by atoms with E-state index in [4.69, 9.17) is 9.47 Å². The predicted octanol–water partition coefficient (Wildman–Crippen LogP) is 4.05. The number of carbonyl (C=O) groups is 1. The van der Waals surface area contributed by atoms with Crippen LogP contribution in [0.5, 0.6) is 11.5 Å². The van der Waals surface area contributed by atoms with E-state index in [1.54, 1.807) is 7.11 Å². The first-order valence-corrected chi connectivity index (χ1v) is 10.1. The average molecular weight is 383 g/mol. The summed E-state index contributed by atoms with van der Waals surface area (Å²) < 4.78 is 10.9. The molecular weight excluding hydrogens is 352 g/mol. The summed E-state index contributed by atoms with van der Waals surface area (Å²) in [6, 6.07) is 15.7. The van der Waals surface area contributed by atoms with Gasteiger partial charge in [-0.25, -0.2) is 0 Å². The van der Waals surface area contributed by atoms with Crippen molar-refractivity contribution in [2.75, 3.05) is 33.4 Å². The summed E-state index contributed by atoms with van der Waals surface area (Å²) in [7, 11) is 1.67. The third-order valence-electron chi connectivity index (χ3n) is 5.13. The molecular formula is C23H30N2O3. The Labute approximate surface area is 167 Å². The van der Waals surface area contributed by atoms with E-state index in [0.717, 1.165) is 31.0 Å². The van der Waals surface area contributed by atoms with Gasteiger partial charge in [0.15, 0.2) is 0 Å². The number of hydrogen-bond acceptors (Lipinski definition) is 4. The topological polar surface area (TPSA) is 50.8 Å². The molecule has 2 aromatic rings. The smallest absolute Gasteiger partial charge is 0.251 e. The van der Waals surface area contributed by atoms with Gasteiger partial charge in [-0.1, -0.05) is 19.1 Å². The molecule has 1 amide bonds. The Hall–Kier alpha value is -2.53. The molecule has 1 aliphatic heterocycles. The lowest BCUT2D eigenvalue weighted by Gasteiger charge is -2.28. The van der Waals surface area contributed by atoms with Gasteiger partial charge in [0.1, 0.15) is 11.5 Å². The molecule has 5 heteroatoms. The number of carbonyl (C=O) groups excluding carboxylic acids is 1. The number of ether oxygens (including phenoxy) is 2. The maximum absolute atomic E-state index is 12.6. The highest BCUT2D eigenvalue weighted by Gasteiger charge is 2.24. The Morgan fingerprint density at radius 3 is 2.29 bits per heavy atom. The first-order chi connectivity index (χ1) is 13.7. The predicted molar refractivity (Wildman–Crippen MR) is 111 cm³/mol. The van der Waals surface area contributed by atoms with Crippen molar-refractivity contribution in [1.29, 1.82) is 0 Å². The van der Waals surface area contributed by atoms with Gasteiger partial charge >= 0.3 is 0 Å². The molecule has 0 aliphatic carbocycles. The van der Waals surface area contributed by atoms with E-state index in [0.29, 0.717) is 18.7 Å². The molecule has 0 spiro atoms. The second-order valence-corrected chi connectivity index (χ2v) is 7.11. The summed E-state index contributed by atoms with van der Waals surface area (Å²) >= 11 is 0. The van der Waals surface area contributed by atoms with Gasteiger partial charge in [-0.05, 0) is 74.3 Å². The third-order valence-corrected chi connectivity index (χ3v) is 5.13. The summed E-state index contributed by atoms with van der Waals surface area (Å²) in [5, 5.41) is 3.11. The maximum atomic E-state index is 12.6. The van der Waals surface area contributed by atoms with Crippen LogP contribution in [0.15, 0.2) is 48.5 Å². The number of nitrogens with one attached hydrogen (secondary N) is 1. The Bertz CT molecular complexity index is 737. The van der Waals surface area contributed by atoms with E-state index in [-0.39, 0.29) is 11.9 Å². The number of amides is 1. The first kappa shape index (κ1) is 20.2. The second kappa shape index (κ2) is 10.1. The summed E-state index contributed by atoms with van der Waals surface area (Å²) in [6.45, 7) is 5.47. The molecule has 3 rings (SSSR count). The molecule has 1 fully saturated rings. The molecule has 0 saturated carbocycles. The van der Waals surface area contributed by atoms with Gasteiger partial charge in [0.05, 0.1) is 19.8 Å². The molecule has 2 aromatic carbocycles. The molecule has 0 radical (unpaired) electrons. The quantitative estimate of drug-likeness (QED) is 0.711. The van der Waals surface area contributed by atoms with Crippen molar-refractivity contribution >= 4 is 5.91 Å². The molecule has 1 saturated heterocycles. The van der Waals surface area contributed by atoms with Crippen molar-refractivity contribution in [3.63, 3.8) is 0 Å². The molecule has 1 heterocycles. The zero-order valence-electron chi connectivity index (χ0n) is 16.8. The largest absolute Gasteiger partial charge is 0.497 e. The highest BCUT2D eigenvalue weighted by molar-refractivity contribution is 5.94. The monoisotopic (exact) mass is 382 g/mol. The summed E-state index contributed by atoms with van der Waals surface area (Å²) in [5.41, 5.74) is 1.85. The number of benzene rings is 2. The molecule has 28 heavy (non-hydrogen) atoms. The molecule has 1 atom stereocenters. The molecule has 1 aliphatic rings. The van der Waals surface area contributed by atoms with Crippen LogP contribution in [-0.2, 0) is 0 Å². The SMILES string of the molecule is CCCOc1ccc(C(=O)NCC(c2ccc(OC)cc2)N2CCCC2)cc1. The van der Waals surface area contributed by atoms with Crippen molar-refractivity contribution < 1.29 is 14.3 Å². The Morgan fingerprint density at radius 1 is 1.04 bits per heavy atom. The van der Waals surface area contributed by atoms with E-state index >= 15 is 0 Å². The van der Waals surface area contributed by atoms with Gasteiger partial charge in [0.25, 0.3) is 5.91 Å². The standard InChI is InChI=1S/C23H30N2O3/c1-3-16-28-21-12-8-19(9-13-21)23(26)24-17-22(25-14-4-5-15-25)18-6-10-20(27-2)11-7-18/h6-13,22H,3-5,14-17H2,1-2H3,(H,24,26).